The Morgan fingerprint density at radius 1 is 1.17 bits per heavy atom. The maximum atomic E-state index is 4.15. The van der Waals surface area contributed by atoms with Crippen LogP contribution in [0.15, 0.2) is 55.0 Å². The van der Waals surface area contributed by atoms with Crippen LogP contribution in [0.3, 0.4) is 0 Å². The Labute approximate surface area is 107 Å². The second-order valence-corrected chi connectivity index (χ2v) is 4.68. The summed E-state index contributed by atoms with van der Waals surface area (Å²) in [5.41, 5.74) is 3.91. The topological polar surface area (TPSA) is 17.8 Å². The van der Waals surface area contributed by atoms with Crippen LogP contribution >= 0.6 is 0 Å². The van der Waals surface area contributed by atoms with Crippen molar-refractivity contribution in [3.63, 3.8) is 0 Å². The van der Waals surface area contributed by atoms with Crippen molar-refractivity contribution in [2.24, 2.45) is 0 Å². The van der Waals surface area contributed by atoms with Crippen LogP contribution in [0.25, 0.3) is 10.9 Å². The van der Waals surface area contributed by atoms with Crippen LogP contribution in [-0.2, 0) is 13.0 Å². The summed E-state index contributed by atoms with van der Waals surface area (Å²) in [6, 6.07) is 12.9. The molecule has 3 aromatic rings. The van der Waals surface area contributed by atoms with Crippen LogP contribution in [-0.4, -0.2) is 9.55 Å². The number of aryl methyl sites for hydroxylation is 3. The minimum atomic E-state index is 0.999. The van der Waals surface area contributed by atoms with E-state index in [2.05, 4.69) is 53.0 Å². The van der Waals surface area contributed by atoms with E-state index in [1.165, 1.54) is 22.0 Å². The molecule has 18 heavy (non-hydrogen) atoms. The number of fused-ring (bicyclic) bond motifs is 1. The summed E-state index contributed by atoms with van der Waals surface area (Å²) in [5.74, 6) is 0. The molecule has 0 bridgehead atoms. The highest BCUT2D eigenvalue weighted by Gasteiger charge is 2.01. The zero-order valence-electron chi connectivity index (χ0n) is 10.5. The largest absolute Gasteiger partial charge is 0.347 e. The van der Waals surface area contributed by atoms with Crippen molar-refractivity contribution in [1.29, 1.82) is 0 Å². The predicted octanol–water partition coefficient (Wildman–Crippen LogP) is 3.59. The molecule has 2 heterocycles. The Kier molecular flexibility index (Phi) is 2.85. The molecule has 0 saturated carbocycles. The van der Waals surface area contributed by atoms with Gasteiger partial charge in [0.05, 0.1) is 0 Å². The molecule has 0 amide bonds. The van der Waals surface area contributed by atoms with Crippen LogP contribution in [0.1, 0.15) is 11.1 Å². The second kappa shape index (κ2) is 4.65. The zero-order valence-corrected chi connectivity index (χ0v) is 10.5. The molecular formula is C16H16N2. The Morgan fingerprint density at radius 2 is 2.11 bits per heavy atom. The number of hydrogen-bond acceptors (Lipinski definition) is 1. The van der Waals surface area contributed by atoms with Crippen molar-refractivity contribution in [2.75, 3.05) is 0 Å². The lowest BCUT2D eigenvalue weighted by molar-refractivity contribution is 0.721. The van der Waals surface area contributed by atoms with E-state index in [-0.39, 0.29) is 0 Å². The summed E-state index contributed by atoms with van der Waals surface area (Å²) in [6.07, 6.45) is 6.95. The Morgan fingerprint density at radius 3 is 2.94 bits per heavy atom. The van der Waals surface area contributed by atoms with E-state index in [1.54, 1.807) is 0 Å². The number of benzene rings is 1. The van der Waals surface area contributed by atoms with E-state index in [9.17, 15) is 0 Å². The molecule has 2 heteroatoms. The highest BCUT2D eigenvalue weighted by atomic mass is 14.9. The van der Waals surface area contributed by atoms with E-state index >= 15 is 0 Å². The summed E-state index contributed by atoms with van der Waals surface area (Å²) < 4.78 is 2.31. The van der Waals surface area contributed by atoms with Crippen LogP contribution in [0.5, 0.6) is 0 Å². The summed E-state index contributed by atoms with van der Waals surface area (Å²) >= 11 is 0. The van der Waals surface area contributed by atoms with Crippen molar-refractivity contribution in [3.05, 3.63) is 66.1 Å². The summed E-state index contributed by atoms with van der Waals surface area (Å²) in [6.45, 7) is 3.14. The number of aromatic nitrogens is 2. The maximum absolute atomic E-state index is 4.15. The molecule has 2 nitrogen and oxygen atoms in total. The van der Waals surface area contributed by atoms with Gasteiger partial charge in [-0.05, 0) is 48.1 Å². The molecule has 0 spiro atoms. The van der Waals surface area contributed by atoms with Crippen molar-refractivity contribution in [1.82, 2.24) is 9.55 Å². The summed E-state index contributed by atoms with van der Waals surface area (Å²) in [4.78, 5) is 4.15. The molecule has 2 aromatic heterocycles. The molecule has 0 atom stereocenters. The maximum Gasteiger partial charge on any atom is 0.0483 e. The van der Waals surface area contributed by atoms with Gasteiger partial charge in [-0.15, -0.1) is 0 Å². The summed E-state index contributed by atoms with van der Waals surface area (Å²) in [7, 11) is 0. The lowest BCUT2D eigenvalue weighted by Crippen LogP contribution is -2.00. The van der Waals surface area contributed by atoms with E-state index in [1.807, 2.05) is 18.5 Å². The number of rotatable bonds is 3. The molecular weight excluding hydrogens is 220 g/mol. The molecule has 0 fully saturated rings. The molecule has 0 radical (unpaired) electrons. The third-order valence-electron chi connectivity index (χ3n) is 3.29. The van der Waals surface area contributed by atoms with Gasteiger partial charge in [0.2, 0.25) is 0 Å². The minimum Gasteiger partial charge on any atom is -0.347 e. The van der Waals surface area contributed by atoms with Gasteiger partial charge in [0.25, 0.3) is 0 Å². The molecule has 0 aliphatic rings. The molecule has 3 rings (SSSR count). The van der Waals surface area contributed by atoms with Gasteiger partial charge in [0, 0.05) is 30.7 Å². The molecule has 0 N–H and O–H groups in total. The van der Waals surface area contributed by atoms with Crippen LogP contribution < -0.4 is 0 Å². The lowest BCUT2D eigenvalue weighted by atomic mass is 10.2. The fourth-order valence-corrected chi connectivity index (χ4v) is 2.28. The first kappa shape index (κ1) is 11.0. The Balaban J connectivity index is 1.85. The second-order valence-electron chi connectivity index (χ2n) is 4.68. The first-order valence-corrected chi connectivity index (χ1v) is 6.27. The van der Waals surface area contributed by atoms with E-state index < -0.39 is 0 Å². The van der Waals surface area contributed by atoms with Gasteiger partial charge in [-0.3, -0.25) is 4.98 Å². The van der Waals surface area contributed by atoms with Gasteiger partial charge in [0.15, 0.2) is 0 Å². The van der Waals surface area contributed by atoms with Crippen LogP contribution in [0, 0.1) is 6.92 Å². The Hall–Kier alpha value is -2.09. The minimum absolute atomic E-state index is 0.999. The van der Waals surface area contributed by atoms with Crippen molar-refractivity contribution < 1.29 is 0 Å². The fraction of sp³-hybridized carbons (Fsp3) is 0.188. The smallest absolute Gasteiger partial charge is 0.0483 e. The third kappa shape index (κ3) is 2.14. The van der Waals surface area contributed by atoms with Crippen molar-refractivity contribution in [2.45, 2.75) is 19.9 Å². The normalized spacial score (nSPS) is 10.9. The fourth-order valence-electron chi connectivity index (χ4n) is 2.28. The van der Waals surface area contributed by atoms with Crippen LogP contribution in [0.2, 0.25) is 0 Å². The number of hydrogen-bond donors (Lipinski definition) is 0. The Bertz CT molecular complexity index is 653. The molecule has 90 valence electrons. The van der Waals surface area contributed by atoms with Gasteiger partial charge in [-0.25, -0.2) is 0 Å². The highest BCUT2D eigenvalue weighted by Crippen LogP contribution is 2.17. The van der Waals surface area contributed by atoms with Gasteiger partial charge in [-0.2, -0.15) is 0 Å². The van der Waals surface area contributed by atoms with Crippen molar-refractivity contribution in [3.8, 4) is 0 Å². The van der Waals surface area contributed by atoms with E-state index in [4.69, 9.17) is 0 Å². The number of nitrogens with zero attached hydrogens (tertiary/aromatic N) is 2. The quantitative estimate of drug-likeness (QED) is 0.679. The highest BCUT2D eigenvalue weighted by molar-refractivity contribution is 5.80. The first-order chi connectivity index (χ1) is 8.83. The van der Waals surface area contributed by atoms with Gasteiger partial charge in [0.1, 0.15) is 0 Å². The van der Waals surface area contributed by atoms with E-state index in [0.717, 1.165) is 13.0 Å². The van der Waals surface area contributed by atoms with E-state index in [0.29, 0.717) is 0 Å². The zero-order chi connectivity index (χ0) is 12.4. The summed E-state index contributed by atoms with van der Waals surface area (Å²) in [5, 5.41) is 1.31. The average Bonchev–Trinajstić information content (AvgIpc) is 2.80. The molecule has 0 saturated heterocycles. The first-order valence-electron chi connectivity index (χ1n) is 6.27. The molecule has 0 aliphatic heterocycles. The van der Waals surface area contributed by atoms with Gasteiger partial charge >= 0.3 is 0 Å². The lowest BCUT2D eigenvalue weighted by Gasteiger charge is -2.06. The SMILES string of the molecule is Cc1ccc2ccn(CCc3cccnc3)c2c1. The third-order valence-corrected chi connectivity index (χ3v) is 3.29. The molecule has 0 aliphatic carbocycles. The van der Waals surface area contributed by atoms with Crippen molar-refractivity contribution >= 4 is 10.9 Å². The number of pyridine rings is 1. The average molecular weight is 236 g/mol. The standard InChI is InChI=1S/C16H16N2/c1-13-4-5-15-7-10-18(16(15)11-13)9-6-14-3-2-8-17-12-14/h2-5,7-8,10-12H,6,9H2,1H3. The molecule has 1 aromatic carbocycles. The monoisotopic (exact) mass is 236 g/mol. The predicted molar refractivity (Wildman–Crippen MR) is 74.6 cm³/mol. The molecule has 0 unspecified atom stereocenters. The van der Waals surface area contributed by atoms with Gasteiger partial charge < -0.3 is 4.57 Å². The van der Waals surface area contributed by atoms with Gasteiger partial charge in [-0.1, -0.05) is 18.2 Å². The van der Waals surface area contributed by atoms with Crippen LogP contribution in [0.4, 0.5) is 0 Å².